The van der Waals surface area contributed by atoms with Crippen molar-refractivity contribution in [2.45, 2.75) is 13.3 Å². The fourth-order valence-corrected chi connectivity index (χ4v) is 1.66. The number of hydrogen-bond acceptors (Lipinski definition) is 6. The fraction of sp³-hybridized carbons (Fsp3) is 0.333. The van der Waals surface area contributed by atoms with E-state index in [9.17, 15) is 0 Å². The third-order valence-electron chi connectivity index (χ3n) is 2.60. The van der Waals surface area contributed by atoms with E-state index in [1.807, 2.05) is 25.1 Å². The van der Waals surface area contributed by atoms with E-state index in [2.05, 4.69) is 15.3 Å². The summed E-state index contributed by atoms with van der Waals surface area (Å²) in [6, 6.07) is 7.34. The highest BCUT2D eigenvalue weighted by Crippen LogP contribution is 2.14. The molecule has 1 aromatic carbocycles. The van der Waals surface area contributed by atoms with Gasteiger partial charge in [-0.05, 0) is 18.6 Å². The lowest BCUT2D eigenvalue weighted by Gasteiger charge is -2.09. The van der Waals surface area contributed by atoms with Gasteiger partial charge in [0.15, 0.2) is 0 Å². The Balaban J connectivity index is 1.75. The molecule has 0 radical (unpaired) electrons. The third-order valence-corrected chi connectivity index (χ3v) is 2.60. The Morgan fingerprint density at radius 1 is 1.19 bits per heavy atom. The number of aromatic nitrogens is 2. The number of hydrogen-bond donors (Lipinski definition) is 2. The molecule has 0 saturated heterocycles. The summed E-state index contributed by atoms with van der Waals surface area (Å²) in [5, 5.41) is 3.14. The van der Waals surface area contributed by atoms with Gasteiger partial charge in [0.2, 0.25) is 5.88 Å². The number of nitrogens with two attached hydrogens (primary N) is 1. The molecular formula is C15H20N4O2. The summed E-state index contributed by atoms with van der Waals surface area (Å²) >= 11 is 0. The van der Waals surface area contributed by atoms with Crippen LogP contribution in [0.2, 0.25) is 0 Å². The Morgan fingerprint density at radius 3 is 2.90 bits per heavy atom. The molecule has 2 rings (SSSR count). The van der Waals surface area contributed by atoms with E-state index >= 15 is 0 Å². The third kappa shape index (κ3) is 5.18. The molecule has 0 fully saturated rings. The van der Waals surface area contributed by atoms with Gasteiger partial charge in [-0.15, -0.1) is 0 Å². The molecule has 0 unspecified atom stereocenters. The highest BCUT2D eigenvalue weighted by Gasteiger charge is 1.99. The summed E-state index contributed by atoms with van der Waals surface area (Å²) in [6.45, 7) is 3.80. The Bertz CT molecular complexity index is 563. The molecule has 3 N–H and O–H groups in total. The van der Waals surface area contributed by atoms with Crippen LogP contribution in [0, 0.1) is 0 Å². The maximum atomic E-state index is 5.68. The van der Waals surface area contributed by atoms with Crippen LogP contribution >= 0.6 is 0 Å². The molecule has 0 spiro atoms. The number of nitrogens with zero attached hydrogens (tertiary/aromatic N) is 2. The zero-order valence-corrected chi connectivity index (χ0v) is 12.1. The van der Waals surface area contributed by atoms with Gasteiger partial charge in [-0.1, -0.05) is 13.0 Å². The molecule has 2 aromatic rings. The normalized spacial score (nSPS) is 10.1. The van der Waals surface area contributed by atoms with Gasteiger partial charge in [-0.2, -0.15) is 4.98 Å². The van der Waals surface area contributed by atoms with Crippen LogP contribution in [0.15, 0.2) is 36.7 Å². The monoisotopic (exact) mass is 288 g/mol. The highest BCUT2D eigenvalue weighted by molar-refractivity contribution is 5.43. The topological polar surface area (TPSA) is 82.3 Å². The van der Waals surface area contributed by atoms with Gasteiger partial charge in [-0.25, -0.2) is 0 Å². The second-order valence-corrected chi connectivity index (χ2v) is 4.44. The zero-order valence-electron chi connectivity index (χ0n) is 12.1. The first kappa shape index (κ1) is 14.9. The Morgan fingerprint density at radius 2 is 2.10 bits per heavy atom. The van der Waals surface area contributed by atoms with Crippen molar-refractivity contribution in [3.63, 3.8) is 0 Å². The molecular weight excluding hydrogens is 268 g/mol. The van der Waals surface area contributed by atoms with Gasteiger partial charge in [-0.3, -0.25) is 4.98 Å². The minimum Gasteiger partial charge on any atom is -0.492 e. The van der Waals surface area contributed by atoms with Crippen LogP contribution in [0.3, 0.4) is 0 Å². The van der Waals surface area contributed by atoms with Crippen molar-refractivity contribution in [2.24, 2.45) is 0 Å². The van der Waals surface area contributed by atoms with Gasteiger partial charge >= 0.3 is 0 Å². The van der Waals surface area contributed by atoms with Crippen LogP contribution in [0.4, 0.5) is 11.5 Å². The summed E-state index contributed by atoms with van der Waals surface area (Å²) in [7, 11) is 0. The first-order chi connectivity index (χ1) is 10.3. The van der Waals surface area contributed by atoms with E-state index in [-0.39, 0.29) is 0 Å². The van der Waals surface area contributed by atoms with Crippen LogP contribution in [0.5, 0.6) is 11.6 Å². The maximum absolute atomic E-state index is 5.68. The van der Waals surface area contributed by atoms with Crippen molar-refractivity contribution in [1.29, 1.82) is 0 Å². The van der Waals surface area contributed by atoms with E-state index in [0.717, 1.165) is 12.2 Å². The lowest BCUT2D eigenvalue weighted by molar-refractivity contribution is 0.304. The van der Waals surface area contributed by atoms with Crippen LogP contribution in [-0.4, -0.2) is 29.7 Å². The van der Waals surface area contributed by atoms with Gasteiger partial charge in [0.05, 0.1) is 25.5 Å². The number of nitrogens with one attached hydrogen (secondary N) is 1. The molecule has 21 heavy (non-hydrogen) atoms. The van der Waals surface area contributed by atoms with Crippen molar-refractivity contribution >= 4 is 11.5 Å². The second-order valence-electron chi connectivity index (χ2n) is 4.44. The van der Waals surface area contributed by atoms with Gasteiger partial charge < -0.3 is 20.5 Å². The van der Waals surface area contributed by atoms with Gasteiger partial charge in [0, 0.05) is 11.8 Å². The Hall–Kier alpha value is -2.50. The van der Waals surface area contributed by atoms with Crippen molar-refractivity contribution in [2.75, 3.05) is 30.8 Å². The maximum Gasteiger partial charge on any atom is 0.234 e. The minimum atomic E-state index is 0.505. The summed E-state index contributed by atoms with van der Waals surface area (Å²) in [5.74, 6) is 1.95. The summed E-state index contributed by atoms with van der Waals surface area (Å²) in [5.41, 5.74) is 6.37. The lowest BCUT2D eigenvalue weighted by Crippen LogP contribution is -2.13. The number of benzene rings is 1. The Kier molecular flexibility index (Phi) is 5.63. The molecule has 0 aliphatic rings. The molecule has 0 aliphatic heterocycles. The predicted molar refractivity (Wildman–Crippen MR) is 82.7 cm³/mol. The van der Waals surface area contributed by atoms with Crippen LogP contribution in [0.1, 0.15) is 13.3 Å². The summed E-state index contributed by atoms with van der Waals surface area (Å²) in [6.07, 6.45) is 4.19. The molecule has 0 bridgehead atoms. The van der Waals surface area contributed by atoms with Crippen molar-refractivity contribution < 1.29 is 9.47 Å². The predicted octanol–water partition coefficient (Wildman–Crippen LogP) is 2.34. The minimum absolute atomic E-state index is 0.505. The molecule has 0 atom stereocenters. The summed E-state index contributed by atoms with van der Waals surface area (Å²) in [4.78, 5) is 8.38. The van der Waals surface area contributed by atoms with E-state index in [0.29, 0.717) is 37.1 Å². The van der Waals surface area contributed by atoms with E-state index < -0.39 is 0 Å². The van der Waals surface area contributed by atoms with Crippen molar-refractivity contribution in [1.82, 2.24) is 9.97 Å². The van der Waals surface area contributed by atoms with E-state index in [1.165, 1.54) is 0 Å². The SMILES string of the molecule is CCCOc1cncc(NCCOc2cccc(N)c2)n1. The zero-order chi connectivity index (χ0) is 14.9. The molecule has 0 amide bonds. The Labute approximate surface area is 124 Å². The summed E-state index contributed by atoms with van der Waals surface area (Å²) < 4.78 is 11.0. The standard InChI is InChI=1S/C15H20N4O2/c1-2-7-21-15-11-17-10-14(19-15)18-6-8-20-13-5-3-4-12(16)9-13/h3-5,9-11H,2,6-8,16H2,1H3,(H,18,19). The molecule has 0 saturated carbocycles. The average molecular weight is 288 g/mol. The smallest absolute Gasteiger partial charge is 0.234 e. The molecule has 1 aromatic heterocycles. The largest absolute Gasteiger partial charge is 0.492 e. The van der Waals surface area contributed by atoms with Crippen LogP contribution in [0.25, 0.3) is 0 Å². The average Bonchev–Trinajstić information content (AvgIpc) is 2.50. The fourth-order valence-electron chi connectivity index (χ4n) is 1.66. The van der Waals surface area contributed by atoms with Crippen molar-refractivity contribution in [3.8, 4) is 11.6 Å². The van der Waals surface area contributed by atoms with E-state index in [4.69, 9.17) is 15.2 Å². The number of rotatable bonds is 8. The molecule has 112 valence electrons. The quantitative estimate of drug-likeness (QED) is 0.573. The molecule has 6 heteroatoms. The molecule has 0 aliphatic carbocycles. The number of nitrogen functional groups attached to an aromatic ring is 1. The van der Waals surface area contributed by atoms with Crippen LogP contribution in [-0.2, 0) is 0 Å². The van der Waals surface area contributed by atoms with Gasteiger partial charge in [0.25, 0.3) is 0 Å². The first-order valence-corrected chi connectivity index (χ1v) is 6.95. The molecule has 6 nitrogen and oxygen atoms in total. The second kappa shape index (κ2) is 7.94. The van der Waals surface area contributed by atoms with Gasteiger partial charge in [0.1, 0.15) is 18.2 Å². The number of anilines is 2. The van der Waals surface area contributed by atoms with Crippen LogP contribution < -0.4 is 20.5 Å². The highest BCUT2D eigenvalue weighted by atomic mass is 16.5. The first-order valence-electron chi connectivity index (χ1n) is 6.95. The molecule has 1 heterocycles. The number of ether oxygens (including phenoxy) is 2. The van der Waals surface area contributed by atoms with Crippen molar-refractivity contribution in [3.05, 3.63) is 36.7 Å². The lowest BCUT2D eigenvalue weighted by atomic mass is 10.3. The van der Waals surface area contributed by atoms with E-state index in [1.54, 1.807) is 18.5 Å².